The van der Waals surface area contributed by atoms with Crippen LogP contribution in [0.4, 0.5) is 0 Å². The van der Waals surface area contributed by atoms with Crippen LogP contribution in [0.1, 0.15) is 26.2 Å². The van der Waals surface area contributed by atoms with E-state index in [1.54, 1.807) is 0 Å². The molecule has 1 saturated carbocycles. The van der Waals surface area contributed by atoms with Gasteiger partial charge in [0.15, 0.2) is 0 Å². The molecule has 1 aliphatic heterocycles. The lowest BCUT2D eigenvalue weighted by atomic mass is 9.90. The molecule has 0 radical (unpaired) electrons. The SMILES string of the molecule is CC1CNCC1CN(C)C1CCC1. The van der Waals surface area contributed by atoms with Crippen molar-refractivity contribution in [3.05, 3.63) is 0 Å². The Labute approximate surface area is 81.7 Å². The molecular weight excluding hydrogens is 160 g/mol. The third-order valence-corrected chi connectivity index (χ3v) is 3.90. The summed E-state index contributed by atoms with van der Waals surface area (Å²) in [6.45, 7) is 6.14. The van der Waals surface area contributed by atoms with Gasteiger partial charge in [0, 0.05) is 12.6 Å². The zero-order chi connectivity index (χ0) is 9.26. The number of hydrogen-bond donors (Lipinski definition) is 1. The first-order valence-electron chi connectivity index (χ1n) is 5.68. The lowest BCUT2D eigenvalue weighted by molar-refractivity contribution is 0.133. The Hall–Kier alpha value is -0.0800. The van der Waals surface area contributed by atoms with Gasteiger partial charge < -0.3 is 10.2 Å². The average Bonchev–Trinajstić information content (AvgIpc) is 2.32. The van der Waals surface area contributed by atoms with E-state index in [4.69, 9.17) is 0 Å². The smallest absolute Gasteiger partial charge is 0.00923 e. The van der Waals surface area contributed by atoms with E-state index in [2.05, 4.69) is 24.2 Å². The third-order valence-electron chi connectivity index (χ3n) is 3.90. The van der Waals surface area contributed by atoms with E-state index in [0.29, 0.717) is 0 Å². The lowest BCUT2D eigenvalue weighted by Crippen LogP contribution is -2.41. The van der Waals surface area contributed by atoms with Crippen LogP contribution in [0.3, 0.4) is 0 Å². The van der Waals surface area contributed by atoms with Crippen molar-refractivity contribution in [3.8, 4) is 0 Å². The lowest BCUT2D eigenvalue weighted by Gasteiger charge is -2.36. The molecule has 2 fully saturated rings. The Balaban J connectivity index is 1.75. The molecule has 2 atom stereocenters. The maximum absolute atomic E-state index is 3.48. The van der Waals surface area contributed by atoms with Gasteiger partial charge in [0.1, 0.15) is 0 Å². The van der Waals surface area contributed by atoms with E-state index in [-0.39, 0.29) is 0 Å². The molecule has 0 aromatic rings. The molecule has 0 aromatic heterocycles. The molecule has 0 amide bonds. The standard InChI is InChI=1S/C11H22N2/c1-9-6-12-7-10(9)8-13(2)11-4-3-5-11/h9-12H,3-8H2,1-2H3. The van der Waals surface area contributed by atoms with Crippen LogP contribution >= 0.6 is 0 Å². The second kappa shape index (κ2) is 3.97. The Morgan fingerprint density at radius 2 is 2.08 bits per heavy atom. The van der Waals surface area contributed by atoms with Crippen LogP contribution in [0, 0.1) is 11.8 Å². The Kier molecular flexibility index (Phi) is 2.89. The normalized spacial score (nSPS) is 35.3. The summed E-state index contributed by atoms with van der Waals surface area (Å²) >= 11 is 0. The monoisotopic (exact) mass is 182 g/mol. The van der Waals surface area contributed by atoms with Gasteiger partial charge in [0.2, 0.25) is 0 Å². The van der Waals surface area contributed by atoms with E-state index >= 15 is 0 Å². The Bertz CT molecular complexity index is 165. The summed E-state index contributed by atoms with van der Waals surface area (Å²) in [7, 11) is 2.30. The number of rotatable bonds is 3. The third kappa shape index (κ3) is 2.05. The molecule has 0 aromatic carbocycles. The van der Waals surface area contributed by atoms with Crippen molar-refractivity contribution in [1.82, 2.24) is 10.2 Å². The molecule has 0 bridgehead atoms. The quantitative estimate of drug-likeness (QED) is 0.708. The Morgan fingerprint density at radius 3 is 2.54 bits per heavy atom. The number of hydrogen-bond acceptors (Lipinski definition) is 2. The minimum absolute atomic E-state index is 0.877. The highest BCUT2D eigenvalue weighted by molar-refractivity contribution is 4.84. The van der Waals surface area contributed by atoms with Gasteiger partial charge in [-0.3, -0.25) is 0 Å². The molecule has 1 saturated heterocycles. The summed E-state index contributed by atoms with van der Waals surface area (Å²) in [5.41, 5.74) is 0. The van der Waals surface area contributed by atoms with Gasteiger partial charge >= 0.3 is 0 Å². The molecule has 2 nitrogen and oxygen atoms in total. The van der Waals surface area contributed by atoms with Gasteiger partial charge in [-0.05, 0) is 44.8 Å². The molecule has 13 heavy (non-hydrogen) atoms. The van der Waals surface area contributed by atoms with Crippen LogP contribution in [0.25, 0.3) is 0 Å². The summed E-state index contributed by atoms with van der Waals surface area (Å²) in [6, 6.07) is 0.910. The molecule has 0 spiro atoms. The van der Waals surface area contributed by atoms with Gasteiger partial charge in [-0.25, -0.2) is 0 Å². The fourth-order valence-corrected chi connectivity index (χ4v) is 2.46. The second-order valence-corrected chi connectivity index (χ2v) is 4.92. The summed E-state index contributed by atoms with van der Waals surface area (Å²) in [4.78, 5) is 2.58. The summed E-state index contributed by atoms with van der Waals surface area (Å²) < 4.78 is 0. The molecule has 1 aliphatic carbocycles. The summed E-state index contributed by atoms with van der Waals surface area (Å²) in [5.74, 6) is 1.77. The Morgan fingerprint density at radius 1 is 1.31 bits per heavy atom. The molecule has 76 valence electrons. The fourth-order valence-electron chi connectivity index (χ4n) is 2.46. The highest BCUT2D eigenvalue weighted by Gasteiger charge is 2.28. The molecule has 2 aliphatic rings. The van der Waals surface area contributed by atoms with Gasteiger partial charge in [0.25, 0.3) is 0 Å². The zero-order valence-corrected chi connectivity index (χ0v) is 8.92. The van der Waals surface area contributed by atoms with Crippen LogP contribution < -0.4 is 5.32 Å². The molecule has 2 unspecified atom stereocenters. The first-order chi connectivity index (χ1) is 6.27. The van der Waals surface area contributed by atoms with Crippen molar-refractivity contribution in [2.24, 2.45) is 11.8 Å². The van der Waals surface area contributed by atoms with E-state index < -0.39 is 0 Å². The zero-order valence-electron chi connectivity index (χ0n) is 8.92. The largest absolute Gasteiger partial charge is 0.316 e. The maximum Gasteiger partial charge on any atom is 0.00923 e. The summed E-state index contributed by atoms with van der Waals surface area (Å²) in [6.07, 6.45) is 4.32. The molecule has 2 rings (SSSR count). The highest BCUT2D eigenvalue weighted by Crippen LogP contribution is 2.26. The van der Waals surface area contributed by atoms with Crippen LogP contribution in [0.15, 0.2) is 0 Å². The minimum Gasteiger partial charge on any atom is -0.316 e. The predicted octanol–water partition coefficient (Wildman–Crippen LogP) is 1.33. The van der Waals surface area contributed by atoms with Crippen molar-refractivity contribution in [3.63, 3.8) is 0 Å². The molecule has 1 heterocycles. The van der Waals surface area contributed by atoms with Gasteiger partial charge in [-0.15, -0.1) is 0 Å². The van der Waals surface area contributed by atoms with Crippen molar-refractivity contribution >= 4 is 0 Å². The molecule has 1 N–H and O–H groups in total. The number of nitrogens with zero attached hydrogens (tertiary/aromatic N) is 1. The van der Waals surface area contributed by atoms with E-state index in [9.17, 15) is 0 Å². The fraction of sp³-hybridized carbons (Fsp3) is 1.00. The van der Waals surface area contributed by atoms with Crippen LogP contribution in [-0.2, 0) is 0 Å². The molecular formula is C11H22N2. The number of nitrogens with one attached hydrogen (secondary N) is 1. The van der Waals surface area contributed by atoms with Gasteiger partial charge in [-0.2, -0.15) is 0 Å². The van der Waals surface area contributed by atoms with E-state index in [0.717, 1.165) is 17.9 Å². The van der Waals surface area contributed by atoms with Crippen LogP contribution in [-0.4, -0.2) is 37.6 Å². The van der Waals surface area contributed by atoms with Crippen LogP contribution in [0.2, 0.25) is 0 Å². The van der Waals surface area contributed by atoms with Gasteiger partial charge in [-0.1, -0.05) is 13.3 Å². The topological polar surface area (TPSA) is 15.3 Å². The van der Waals surface area contributed by atoms with Gasteiger partial charge in [0.05, 0.1) is 0 Å². The second-order valence-electron chi connectivity index (χ2n) is 4.92. The van der Waals surface area contributed by atoms with Crippen molar-refractivity contribution in [2.45, 2.75) is 32.2 Å². The summed E-state index contributed by atoms with van der Waals surface area (Å²) in [5, 5.41) is 3.48. The van der Waals surface area contributed by atoms with Crippen molar-refractivity contribution in [2.75, 3.05) is 26.7 Å². The predicted molar refractivity (Wildman–Crippen MR) is 55.8 cm³/mol. The van der Waals surface area contributed by atoms with Crippen molar-refractivity contribution < 1.29 is 0 Å². The highest BCUT2D eigenvalue weighted by atomic mass is 15.1. The van der Waals surface area contributed by atoms with Crippen molar-refractivity contribution in [1.29, 1.82) is 0 Å². The maximum atomic E-state index is 3.48. The first kappa shape index (κ1) is 9.47. The van der Waals surface area contributed by atoms with Crippen LogP contribution in [0.5, 0.6) is 0 Å². The average molecular weight is 182 g/mol. The minimum atomic E-state index is 0.877. The van der Waals surface area contributed by atoms with E-state index in [1.807, 2.05) is 0 Å². The first-order valence-corrected chi connectivity index (χ1v) is 5.68. The molecule has 2 heteroatoms. The van der Waals surface area contributed by atoms with E-state index in [1.165, 1.54) is 38.9 Å².